The Balaban J connectivity index is 2.23. The molecule has 88 valence electrons. The van der Waals surface area contributed by atoms with E-state index in [0.717, 1.165) is 16.7 Å². The van der Waals surface area contributed by atoms with Crippen molar-refractivity contribution in [3.8, 4) is 16.9 Å². The summed E-state index contributed by atoms with van der Waals surface area (Å²) in [5.41, 5.74) is 8.84. The van der Waals surface area contributed by atoms with Crippen LogP contribution in [0.1, 0.15) is 15.9 Å². The summed E-state index contributed by atoms with van der Waals surface area (Å²) in [6.07, 6.45) is 3.52. The van der Waals surface area contributed by atoms with Crippen molar-refractivity contribution in [1.82, 2.24) is 0 Å². The van der Waals surface area contributed by atoms with E-state index in [1.165, 1.54) is 0 Å². The smallest absolute Gasteiger partial charge is 0.248 e. The highest BCUT2D eigenvalue weighted by Crippen LogP contribution is 2.35. The zero-order valence-electron chi connectivity index (χ0n) is 9.59. The van der Waals surface area contributed by atoms with Gasteiger partial charge < -0.3 is 10.5 Å². The molecule has 0 fully saturated rings. The van der Waals surface area contributed by atoms with Gasteiger partial charge in [-0.3, -0.25) is 4.79 Å². The molecule has 0 bridgehead atoms. The minimum absolute atomic E-state index is 0.446. The van der Waals surface area contributed by atoms with E-state index < -0.39 is 5.91 Å². The number of fused-ring (bicyclic) bond motifs is 3. The lowest BCUT2D eigenvalue weighted by atomic mass is 9.98. The van der Waals surface area contributed by atoms with Gasteiger partial charge >= 0.3 is 0 Å². The maximum atomic E-state index is 11.2. The molecule has 2 aromatic rings. The summed E-state index contributed by atoms with van der Waals surface area (Å²) < 4.78 is 5.53. The van der Waals surface area contributed by atoms with Crippen molar-refractivity contribution in [2.75, 3.05) is 0 Å². The second-order valence-corrected chi connectivity index (χ2v) is 4.08. The van der Waals surface area contributed by atoms with Crippen LogP contribution in [-0.4, -0.2) is 5.91 Å². The monoisotopic (exact) mass is 237 g/mol. The van der Waals surface area contributed by atoms with Crippen LogP contribution in [0.4, 0.5) is 0 Å². The van der Waals surface area contributed by atoms with Crippen LogP contribution < -0.4 is 10.5 Å². The van der Waals surface area contributed by atoms with E-state index in [2.05, 4.69) is 0 Å². The van der Waals surface area contributed by atoms with Gasteiger partial charge in [0.05, 0.1) is 6.26 Å². The highest BCUT2D eigenvalue weighted by Gasteiger charge is 2.13. The van der Waals surface area contributed by atoms with Crippen molar-refractivity contribution in [3.05, 3.63) is 59.9 Å². The van der Waals surface area contributed by atoms with Crippen LogP contribution in [0.3, 0.4) is 0 Å². The molecular formula is C15H11NO2. The minimum Gasteiger partial charge on any atom is -0.464 e. The Morgan fingerprint density at radius 3 is 2.72 bits per heavy atom. The lowest BCUT2D eigenvalue weighted by Gasteiger charge is -2.09. The summed E-state index contributed by atoms with van der Waals surface area (Å²) in [6, 6.07) is 13.2. The summed E-state index contributed by atoms with van der Waals surface area (Å²) in [6.45, 7) is 0. The number of benzene rings is 2. The van der Waals surface area contributed by atoms with Gasteiger partial charge in [0.2, 0.25) is 5.91 Å². The lowest BCUT2D eigenvalue weighted by Crippen LogP contribution is -2.10. The quantitative estimate of drug-likeness (QED) is 0.829. The zero-order valence-corrected chi connectivity index (χ0v) is 9.59. The number of amides is 1. The maximum absolute atomic E-state index is 11.2. The molecule has 0 spiro atoms. The molecule has 2 N–H and O–H groups in total. The Kier molecular flexibility index (Phi) is 2.38. The summed E-state index contributed by atoms with van der Waals surface area (Å²) in [4.78, 5) is 11.2. The molecular weight excluding hydrogens is 226 g/mol. The van der Waals surface area contributed by atoms with E-state index in [1.54, 1.807) is 18.4 Å². The number of hydrogen-bond acceptors (Lipinski definition) is 2. The van der Waals surface area contributed by atoms with Gasteiger partial charge in [0.25, 0.3) is 0 Å². The fourth-order valence-electron chi connectivity index (χ4n) is 2.06. The molecule has 0 aromatic heterocycles. The van der Waals surface area contributed by atoms with Crippen LogP contribution in [0.2, 0.25) is 0 Å². The average molecular weight is 237 g/mol. The van der Waals surface area contributed by atoms with Gasteiger partial charge in [-0.2, -0.15) is 0 Å². The largest absolute Gasteiger partial charge is 0.464 e. The SMILES string of the molecule is NC(=O)c1ccc2c(c1)OC=Cc1ccccc1-2. The van der Waals surface area contributed by atoms with Crippen LogP contribution in [0.5, 0.6) is 5.75 Å². The summed E-state index contributed by atoms with van der Waals surface area (Å²) >= 11 is 0. The average Bonchev–Trinajstić information content (AvgIpc) is 2.57. The van der Waals surface area contributed by atoms with E-state index in [-0.39, 0.29) is 0 Å². The van der Waals surface area contributed by atoms with Crippen molar-refractivity contribution < 1.29 is 9.53 Å². The molecule has 3 nitrogen and oxygen atoms in total. The number of ether oxygens (including phenoxy) is 1. The standard InChI is InChI=1S/C15H11NO2/c16-15(17)11-5-6-13-12-4-2-1-3-10(12)7-8-18-14(13)9-11/h1-9H,(H2,16,17). The fourth-order valence-corrected chi connectivity index (χ4v) is 2.06. The number of nitrogens with two attached hydrogens (primary N) is 1. The third-order valence-corrected chi connectivity index (χ3v) is 2.96. The van der Waals surface area contributed by atoms with Gasteiger partial charge in [-0.05, 0) is 35.4 Å². The Hall–Kier alpha value is -2.55. The van der Waals surface area contributed by atoms with Gasteiger partial charge in [0, 0.05) is 11.1 Å². The molecule has 0 aliphatic carbocycles. The summed E-state index contributed by atoms with van der Waals surface area (Å²) in [7, 11) is 0. The molecule has 3 heteroatoms. The van der Waals surface area contributed by atoms with Crippen molar-refractivity contribution >= 4 is 12.0 Å². The topological polar surface area (TPSA) is 52.3 Å². The highest BCUT2D eigenvalue weighted by molar-refractivity contribution is 5.94. The van der Waals surface area contributed by atoms with Crippen molar-refractivity contribution in [2.45, 2.75) is 0 Å². The number of primary amides is 1. The highest BCUT2D eigenvalue weighted by atomic mass is 16.5. The molecule has 0 saturated carbocycles. The fraction of sp³-hybridized carbons (Fsp3) is 0. The van der Waals surface area contributed by atoms with Crippen LogP contribution in [-0.2, 0) is 0 Å². The molecule has 0 atom stereocenters. The normalized spacial score (nSPS) is 12.0. The Bertz CT molecular complexity index is 659. The molecule has 0 radical (unpaired) electrons. The first-order chi connectivity index (χ1) is 8.75. The number of carbonyl (C=O) groups excluding carboxylic acids is 1. The van der Waals surface area contributed by atoms with Crippen LogP contribution in [0, 0.1) is 0 Å². The molecule has 1 aliphatic heterocycles. The zero-order chi connectivity index (χ0) is 12.5. The van der Waals surface area contributed by atoms with Gasteiger partial charge in [-0.1, -0.05) is 24.3 Å². The third-order valence-electron chi connectivity index (χ3n) is 2.96. The third kappa shape index (κ3) is 1.66. The summed E-state index contributed by atoms with van der Waals surface area (Å²) in [5.74, 6) is 0.190. The molecule has 2 aromatic carbocycles. The first-order valence-corrected chi connectivity index (χ1v) is 5.62. The van der Waals surface area contributed by atoms with Crippen LogP contribution in [0.15, 0.2) is 48.7 Å². The lowest BCUT2D eigenvalue weighted by molar-refractivity contribution is 0.1000. The van der Waals surface area contributed by atoms with E-state index in [4.69, 9.17) is 10.5 Å². The second kappa shape index (κ2) is 4.04. The van der Waals surface area contributed by atoms with Gasteiger partial charge in [0.15, 0.2) is 0 Å². The predicted molar refractivity (Wildman–Crippen MR) is 70.1 cm³/mol. The Morgan fingerprint density at radius 1 is 1.06 bits per heavy atom. The van der Waals surface area contributed by atoms with Crippen molar-refractivity contribution in [2.24, 2.45) is 5.73 Å². The maximum Gasteiger partial charge on any atom is 0.248 e. The number of hydrogen-bond donors (Lipinski definition) is 1. The van der Waals surface area contributed by atoms with Crippen molar-refractivity contribution in [1.29, 1.82) is 0 Å². The van der Waals surface area contributed by atoms with Gasteiger partial charge in [-0.25, -0.2) is 0 Å². The molecule has 18 heavy (non-hydrogen) atoms. The molecule has 1 aliphatic rings. The number of rotatable bonds is 1. The molecule has 0 unspecified atom stereocenters. The van der Waals surface area contributed by atoms with Crippen molar-refractivity contribution in [3.63, 3.8) is 0 Å². The minimum atomic E-state index is -0.456. The Morgan fingerprint density at radius 2 is 1.89 bits per heavy atom. The van der Waals surface area contributed by atoms with E-state index in [0.29, 0.717) is 11.3 Å². The molecule has 1 heterocycles. The predicted octanol–water partition coefficient (Wildman–Crippen LogP) is 2.82. The summed E-state index contributed by atoms with van der Waals surface area (Å²) in [5, 5.41) is 0. The molecule has 3 rings (SSSR count). The van der Waals surface area contributed by atoms with Crippen LogP contribution in [0.25, 0.3) is 17.2 Å². The second-order valence-electron chi connectivity index (χ2n) is 4.08. The van der Waals surface area contributed by atoms with Gasteiger partial charge in [0.1, 0.15) is 5.75 Å². The van der Waals surface area contributed by atoms with E-state index in [9.17, 15) is 4.79 Å². The first kappa shape index (κ1) is 10.6. The number of carbonyl (C=O) groups is 1. The Labute approximate surface area is 105 Å². The molecule has 0 saturated heterocycles. The van der Waals surface area contributed by atoms with Gasteiger partial charge in [-0.15, -0.1) is 0 Å². The van der Waals surface area contributed by atoms with E-state index in [1.807, 2.05) is 36.4 Å². The van der Waals surface area contributed by atoms with Crippen LogP contribution >= 0.6 is 0 Å². The molecule has 1 amide bonds. The van der Waals surface area contributed by atoms with E-state index >= 15 is 0 Å². The first-order valence-electron chi connectivity index (χ1n) is 5.62.